The Bertz CT molecular complexity index is 371. The van der Waals surface area contributed by atoms with Crippen LogP contribution >= 0.6 is 0 Å². The van der Waals surface area contributed by atoms with Gasteiger partial charge in [-0.15, -0.1) is 0 Å². The number of nitrogens with one attached hydrogen (secondary N) is 2. The molecule has 2 aliphatic rings. The van der Waals surface area contributed by atoms with Crippen LogP contribution in [-0.2, 0) is 6.42 Å². The smallest absolute Gasteiger partial charge is 0.151 e. The first kappa shape index (κ1) is 10.1. The molecule has 0 unspecified atom stereocenters. The molecule has 4 heteroatoms. The van der Waals surface area contributed by atoms with Gasteiger partial charge in [0, 0.05) is 30.3 Å². The number of H-pyrrole nitrogens is 1. The highest BCUT2D eigenvalue weighted by Gasteiger charge is 2.27. The van der Waals surface area contributed by atoms with Gasteiger partial charge in [-0.05, 0) is 32.4 Å². The predicted molar refractivity (Wildman–Crippen MR) is 64.9 cm³/mol. The lowest BCUT2D eigenvalue weighted by Gasteiger charge is -2.31. The lowest BCUT2D eigenvalue weighted by molar-refractivity contribution is 0.215. The van der Waals surface area contributed by atoms with Crippen molar-refractivity contribution in [3.8, 4) is 0 Å². The quantitative estimate of drug-likeness (QED) is 0.795. The van der Waals surface area contributed by atoms with E-state index in [0.29, 0.717) is 5.92 Å². The van der Waals surface area contributed by atoms with Crippen molar-refractivity contribution in [2.45, 2.75) is 32.1 Å². The van der Waals surface area contributed by atoms with E-state index in [-0.39, 0.29) is 0 Å². The highest BCUT2D eigenvalue weighted by atomic mass is 15.2. The molecule has 0 amide bonds. The Kier molecular flexibility index (Phi) is 2.59. The van der Waals surface area contributed by atoms with Crippen LogP contribution in [0.25, 0.3) is 0 Å². The van der Waals surface area contributed by atoms with Gasteiger partial charge in [0.2, 0.25) is 0 Å². The lowest BCUT2D eigenvalue weighted by atomic mass is 9.92. The maximum atomic E-state index is 4.37. The van der Waals surface area contributed by atoms with Gasteiger partial charge in [0.05, 0.1) is 0 Å². The molecule has 88 valence electrons. The van der Waals surface area contributed by atoms with E-state index in [0.717, 1.165) is 18.8 Å². The number of likely N-dealkylation sites (N-methyl/N-ethyl adjacent to an activating group) is 1. The SMILES string of the molecule is CCN1CCC[C@H](c2[nH]nc3c2CCN3)C1. The zero-order valence-corrected chi connectivity index (χ0v) is 9.92. The summed E-state index contributed by atoms with van der Waals surface area (Å²) in [5, 5.41) is 10.9. The minimum Gasteiger partial charge on any atom is -0.368 e. The average molecular weight is 220 g/mol. The van der Waals surface area contributed by atoms with Crippen molar-refractivity contribution in [2.24, 2.45) is 0 Å². The minimum absolute atomic E-state index is 0.671. The largest absolute Gasteiger partial charge is 0.368 e. The second-order valence-electron chi connectivity index (χ2n) is 4.87. The van der Waals surface area contributed by atoms with E-state index in [1.54, 1.807) is 0 Å². The summed E-state index contributed by atoms with van der Waals surface area (Å²) in [6.07, 6.45) is 3.77. The standard InChI is InChI=1S/C12H20N4/c1-2-16-7-3-4-9(8-16)11-10-5-6-13-12(10)15-14-11/h9H,2-8H2,1H3,(H2,13,14,15)/t9-/m0/s1. The van der Waals surface area contributed by atoms with Gasteiger partial charge in [0.15, 0.2) is 5.82 Å². The second kappa shape index (κ2) is 4.09. The summed E-state index contributed by atoms with van der Waals surface area (Å²) in [5.74, 6) is 1.77. The van der Waals surface area contributed by atoms with Gasteiger partial charge in [0.1, 0.15) is 0 Å². The fraction of sp³-hybridized carbons (Fsp3) is 0.750. The van der Waals surface area contributed by atoms with Crippen LogP contribution in [0, 0.1) is 0 Å². The number of likely N-dealkylation sites (tertiary alicyclic amines) is 1. The number of hydrogen-bond donors (Lipinski definition) is 2. The average Bonchev–Trinajstić information content (AvgIpc) is 2.90. The molecule has 0 spiro atoms. The van der Waals surface area contributed by atoms with E-state index in [1.165, 1.54) is 43.7 Å². The van der Waals surface area contributed by atoms with Gasteiger partial charge in [-0.25, -0.2) is 0 Å². The number of piperidine rings is 1. The van der Waals surface area contributed by atoms with E-state index in [4.69, 9.17) is 0 Å². The van der Waals surface area contributed by atoms with Crippen LogP contribution < -0.4 is 5.32 Å². The highest BCUT2D eigenvalue weighted by molar-refractivity contribution is 5.52. The Hall–Kier alpha value is -1.03. The molecular formula is C12H20N4. The Morgan fingerprint density at radius 2 is 2.44 bits per heavy atom. The van der Waals surface area contributed by atoms with Crippen LogP contribution in [0.3, 0.4) is 0 Å². The monoisotopic (exact) mass is 220 g/mol. The van der Waals surface area contributed by atoms with E-state index < -0.39 is 0 Å². The molecule has 0 aliphatic carbocycles. The van der Waals surface area contributed by atoms with Crippen LogP contribution in [0.1, 0.15) is 36.9 Å². The molecule has 3 rings (SSSR count). The van der Waals surface area contributed by atoms with Gasteiger partial charge < -0.3 is 10.2 Å². The molecule has 1 saturated heterocycles. The summed E-state index contributed by atoms with van der Waals surface area (Å²) in [5.41, 5.74) is 2.85. The summed E-state index contributed by atoms with van der Waals surface area (Å²) in [6, 6.07) is 0. The zero-order valence-electron chi connectivity index (χ0n) is 9.92. The summed E-state index contributed by atoms with van der Waals surface area (Å²) in [7, 11) is 0. The summed E-state index contributed by atoms with van der Waals surface area (Å²) >= 11 is 0. The number of aromatic amines is 1. The van der Waals surface area contributed by atoms with E-state index in [9.17, 15) is 0 Å². The molecule has 2 N–H and O–H groups in total. The van der Waals surface area contributed by atoms with Gasteiger partial charge in [-0.3, -0.25) is 5.10 Å². The van der Waals surface area contributed by atoms with Crippen molar-refractivity contribution in [3.05, 3.63) is 11.3 Å². The van der Waals surface area contributed by atoms with Crippen molar-refractivity contribution in [1.29, 1.82) is 0 Å². The number of hydrogen-bond acceptors (Lipinski definition) is 3. The zero-order chi connectivity index (χ0) is 11.0. The van der Waals surface area contributed by atoms with Gasteiger partial charge in [0.25, 0.3) is 0 Å². The fourth-order valence-corrected chi connectivity index (χ4v) is 3.00. The number of aromatic nitrogens is 2. The van der Waals surface area contributed by atoms with Gasteiger partial charge in [-0.2, -0.15) is 5.10 Å². The third-order valence-corrected chi connectivity index (χ3v) is 3.93. The van der Waals surface area contributed by atoms with E-state index >= 15 is 0 Å². The molecule has 0 bridgehead atoms. The van der Waals surface area contributed by atoms with Crippen molar-refractivity contribution in [2.75, 3.05) is 31.5 Å². The highest BCUT2D eigenvalue weighted by Crippen LogP contribution is 2.32. The van der Waals surface area contributed by atoms with E-state index in [2.05, 4.69) is 27.3 Å². The predicted octanol–water partition coefficient (Wildman–Crippen LogP) is 1.58. The van der Waals surface area contributed by atoms with Gasteiger partial charge >= 0.3 is 0 Å². The molecule has 1 fully saturated rings. The maximum absolute atomic E-state index is 4.37. The number of nitrogens with zero attached hydrogens (tertiary/aromatic N) is 2. The molecule has 0 radical (unpaired) electrons. The van der Waals surface area contributed by atoms with Crippen molar-refractivity contribution in [3.63, 3.8) is 0 Å². The molecular weight excluding hydrogens is 200 g/mol. The Morgan fingerprint density at radius 3 is 3.31 bits per heavy atom. The third-order valence-electron chi connectivity index (χ3n) is 3.93. The first-order valence-corrected chi connectivity index (χ1v) is 6.42. The molecule has 1 aromatic rings. The summed E-state index contributed by atoms with van der Waals surface area (Å²) in [6.45, 7) is 6.95. The normalized spacial score (nSPS) is 25.4. The number of rotatable bonds is 2. The molecule has 2 aliphatic heterocycles. The molecule has 1 atom stereocenters. The van der Waals surface area contributed by atoms with Crippen molar-refractivity contribution < 1.29 is 0 Å². The van der Waals surface area contributed by atoms with Crippen molar-refractivity contribution in [1.82, 2.24) is 15.1 Å². The Labute approximate surface area is 96.4 Å². The van der Waals surface area contributed by atoms with Crippen LogP contribution in [0.15, 0.2) is 0 Å². The molecule has 16 heavy (non-hydrogen) atoms. The Balaban J connectivity index is 1.81. The molecule has 0 saturated carbocycles. The minimum atomic E-state index is 0.671. The molecule has 4 nitrogen and oxygen atoms in total. The second-order valence-corrected chi connectivity index (χ2v) is 4.87. The lowest BCUT2D eigenvalue weighted by Crippen LogP contribution is -2.34. The summed E-state index contributed by atoms with van der Waals surface area (Å²) < 4.78 is 0. The first-order chi connectivity index (χ1) is 7.88. The molecule has 1 aromatic heterocycles. The van der Waals surface area contributed by atoms with Crippen LogP contribution in [0.5, 0.6) is 0 Å². The summed E-state index contributed by atoms with van der Waals surface area (Å²) in [4.78, 5) is 2.55. The van der Waals surface area contributed by atoms with E-state index in [1.807, 2.05) is 0 Å². The Morgan fingerprint density at radius 1 is 1.50 bits per heavy atom. The van der Waals surface area contributed by atoms with Crippen LogP contribution in [-0.4, -0.2) is 41.3 Å². The van der Waals surface area contributed by atoms with Crippen molar-refractivity contribution >= 4 is 5.82 Å². The van der Waals surface area contributed by atoms with Crippen LogP contribution in [0.2, 0.25) is 0 Å². The first-order valence-electron chi connectivity index (χ1n) is 6.42. The third kappa shape index (κ3) is 1.61. The topological polar surface area (TPSA) is 44.0 Å². The maximum Gasteiger partial charge on any atom is 0.151 e. The molecule has 0 aromatic carbocycles. The molecule has 3 heterocycles. The number of anilines is 1. The van der Waals surface area contributed by atoms with Crippen LogP contribution in [0.4, 0.5) is 5.82 Å². The van der Waals surface area contributed by atoms with Gasteiger partial charge in [-0.1, -0.05) is 6.92 Å². The number of fused-ring (bicyclic) bond motifs is 1. The fourth-order valence-electron chi connectivity index (χ4n) is 3.00.